The standard InChI is InChI=1S/C37H49N3O7/c1-36(2,3)46-34(42)38-29-23-33(41)39(30-12-8-7-11-28(29)30)19-9-10-25-13-16-27(17-14-25)40(35(43)47-37(4,5)6)24-26-15-18-31-32(22-26)45-21-20-44-31/h7-8,11-12,15,18,22-23,25,27H,9-10,13-14,16-17,19-21,24H2,1-6H3,(H,38,42). The Bertz CT molecular complexity index is 1630. The molecule has 1 aromatic heterocycles. The van der Waals surface area contributed by atoms with Gasteiger partial charge in [-0.05, 0) is 110 Å². The Labute approximate surface area is 277 Å². The molecule has 2 aromatic carbocycles. The zero-order valence-corrected chi connectivity index (χ0v) is 28.6. The summed E-state index contributed by atoms with van der Waals surface area (Å²) < 4.78 is 24.5. The second-order valence-electron chi connectivity index (χ2n) is 14.6. The molecule has 0 unspecified atom stereocenters. The number of nitrogens with zero attached hydrogens (tertiary/aromatic N) is 2. The second kappa shape index (κ2) is 14.3. The van der Waals surface area contributed by atoms with Gasteiger partial charge in [0.15, 0.2) is 11.5 Å². The van der Waals surface area contributed by atoms with E-state index < -0.39 is 17.3 Å². The molecule has 1 fully saturated rings. The predicted molar refractivity (Wildman–Crippen MR) is 182 cm³/mol. The molecule has 0 bridgehead atoms. The van der Waals surface area contributed by atoms with Crippen LogP contribution in [0.25, 0.3) is 10.9 Å². The largest absolute Gasteiger partial charge is 0.486 e. The van der Waals surface area contributed by atoms with Gasteiger partial charge in [-0.25, -0.2) is 9.59 Å². The lowest BCUT2D eigenvalue weighted by Crippen LogP contribution is -2.44. The van der Waals surface area contributed by atoms with Crippen molar-refractivity contribution in [2.75, 3.05) is 18.5 Å². The van der Waals surface area contributed by atoms with E-state index in [0.717, 1.165) is 60.7 Å². The van der Waals surface area contributed by atoms with Gasteiger partial charge in [0, 0.05) is 30.6 Å². The van der Waals surface area contributed by atoms with Crippen LogP contribution < -0.4 is 20.3 Å². The lowest BCUT2D eigenvalue weighted by molar-refractivity contribution is 0.00770. The number of carbonyl (C=O) groups excluding carboxylic acids is 2. The Kier molecular flexibility index (Phi) is 10.4. The molecular formula is C37H49N3O7. The average Bonchev–Trinajstić information content (AvgIpc) is 3.00. The molecule has 0 radical (unpaired) electrons. The molecule has 1 saturated carbocycles. The van der Waals surface area contributed by atoms with Crippen molar-refractivity contribution < 1.29 is 28.5 Å². The lowest BCUT2D eigenvalue weighted by Gasteiger charge is -2.38. The van der Waals surface area contributed by atoms with E-state index in [0.29, 0.717) is 43.7 Å². The van der Waals surface area contributed by atoms with Crippen LogP contribution in [0, 0.1) is 5.92 Å². The van der Waals surface area contributed by atoms with Crippen LogP contribution in [0.3, 0.4) is 0 Å². The first-order valence-electron chi connectivity index (χ1n) is 16.8. The summed E-state index contributed by atoms with van der Waals surface area (Å²) in [5, 5.41) is 3.55. The number of hydrogen-bond acceptors (Lipinski definition) is 7. The maximum Gasteiger partial charge on any atom is 0.412 e. The maximum atomic E-state index is 13.4. The number of aryl methyl sites for hydroxylation is 1. The average molecular weight is 648 g/mol. The minimum Gasteiger partial charge on any atom is -0.486 e. The minimum atomic E-state index is -0.644. The van der Waals surface area contributed by atoms with Crippen molar-refractivity contribution in [2.45, 2.75) is 110 Å². The molecule has 3 aromatic rings. The zero-order chi connectivity index (χ0) is 33.8. The van der Waals surface area contributed by atoms with Crippen LogP contribution in [0.15, 0.2) is 53.3 Å². The van der Waals surface area contributed by atoms with Crippen molar-refractivity contribution in [3.63, 3.8) is 0 Å². The number of benzene rings is 2. The van der Waals surface area contributed by atoms with Gasteiger partial charge in [-0.15, -0.1) is 0 Å². The smallest absolute Gasteiger partial charge is 0.412 e. The molecule has 254 valence electrons. The minimum absolute atomic E-state index is 0.0749. The second-order valence-corrected chi connectivity index (χ2v) is 14.6. The number of rotatable bonds is 8. The molecule has 0 atom stereocenters. The molecule has 10 nitrogen and oxygen atoms in total. The number of nitrogens with one attached hydrogen (secondary N) is 1. The molecule has 47 heavy (non-hydrogen) atoms. The van der Waals surface area contributed by atoms with Crippen LogP contribution in [-0.2, 0) is 22.6 Å². The SMILES string of the molecule is CC(C)(C)OC(=O)Nc1cc(=O)n(CCCC2CCC(N(Cc3ccc4c(c3)OCCO4)C(=O)OC(C)(C)C)CC2)c2ccccc12. The molecule has 10 heteroatoms. The molecule has 2 heterocycles. The van der Waals surface area contributed by atoms with Crippen LogP contribution in [0.1, 0.15) is 85.6 Å². The molecule has 1 aliphatic carbocycles. The van der Waals surface area contributed by atoms with E-state index in [1.54, 1.807) is 25.3 Å². The summed E-state index contributed by atoms with van der Waals surface area (Å²) in [4.78, 5) is 41.0. The van der Waals surface area contributed by atoms with Gasteiger partial charge in [-0.2, -0.15) is 0 Å². The number of pyridine rings is 1. The molecule has 2 aliphatic rings. The van der Waals surface area contributed by atoms with E-state index in [2.05, 4.69) is 5.32 Å². The maximum absolute atomic E-state index is 13.4. The highest BCUT2D eigenvalue weighted by Gasteiger charge is 2.32. The highest BCUT2D eigenvalue weighted by Crippen LogP contribution is 2.35. The number of para-hydroxylation sites is 1. The van der Waals surface area contributed by atoms with Gasteiger partial charge in [-0.3, -0.25) is 10.1 Å². The Balaban J connectivity index is 1.20. The van der Waals surface area contributed by atoms with Crippen LogP contribution in [0.4, 0.5) is 15.3 Å². The number of carbonyl (C=O) groups is 2. The first-order chi connectivity index (χ1) is 22.3. The number of anilines is 1. The third kappa shape index (κ3) is 9.20. The molecule has 1 N–H and O–H groups in total. The Morgan fingerprint density at radius 2 is 1.57 bits per heavy atom. The number of fused-ring (bicyclic) bond motifs is 2. The summed E-state index contributed by atoms with van der Waals surface area (Å²) >= 11 is 0. The van der Waals surface area contributed by atoms with Crippen molar-refractivity contribution >= 4 is 28.8 Å². The Morgan fingerprint density at radius 1 is 0.894 bits per heavy atom. The summed E-state index contributed by atoms with van der Waals surface area (Å²) in [7, 11) is 0. The van der Waals surface area contributed by atoms with Crippen molar-refractivity contribution in [2.24, 2.45) is 5.92 Å². The highest BCUT2D eigenvalue weighted by molar-refractivity contribution is 5.98. The normalized spacial score (nSPS) is 18.0. The van der Waals surface area contributed by atoms with Crippen molar-refractivity contribution in [3.8, 4) is 11.5 Å². The monoisotopic (exact) mass is 647 g/mol. The van der Waals surface area contributed by atoms with Gasteiger partial charge in [0.2, 0.25) is 0 Å². The van der Waals surface area contributed by atoms with Gasteiger partial charge in [-0.1, -0.05) is 24.3 Å². The summed E-state index contributed by atoms with van der Waals surface area (Å²) in [5.74, 6) is 1.95. The molecule has 0 saturated heterocycles. The first-order valence-corrected chi connectivity index (χ1v) is 16.8. The van der Waals surface area contributed by atoms with Crippen molar-refractivity contribution in [1.82, 2.24) is 9.47 Å². The highest BCUT2D eigenvalue weighted by atomic mass is 16.6. The molecule has 1 aliphatic heterocycles. The first kappa shape index (κ1) is 34.1. The van der Waals surface area contributed by atoms with Gasteiger partial charge in [0.25, 0.3) is 5.56 Å². The number of ether oxygens (including phenoxy) is 4. The number of aromatic nitrogens is 1. The van der Waals surface area contributed by atoms with Gasteiger partial charge >= 0.3 is 12.2 Å². The molecule has 5 rings (SSSR count). The molecule has 0 spiro atoms. The zero-order valence-electron chi connectivity index (χ0n) is 28.6. The molecular weight excluding hydrogens is 598 g/mol. The summed E-state index contributed by atoms with van der Waals surface area (Å²) in [6, 6.07) is 15.0. The van der Waals surface area contributed by atoms with Crippen LogP contribution in [0.5, 0.6) is 11.5 Å². The van der Waals surface area contributed by atoms with Crippen LogP contribution >= 0.6 is 0 Å². The van der Waals surface area contributed by atoms with E-state index in [4.69, 9.17) is 18.9 Å². The van der Waals surface area contributed by atoms with Gasteiger partial charge in [0.1, 0.15) is 24.4 Å². The van der Waals surface area contributed by atoms with Crippen LogP contribution in [0.2, 0.25) is 0 Å². The fourth-order valence-corrected chi connectivity index (χ4v) is 6.41. The number of amides is 2. The summed E-state index contributed by atoms with van der Waals surface area (Å²) in [5.41, 5.74) is 0.806. The van der Waals surface area contributed by atoms with Crippen molar-refractivity contribution in [1.29, 1.82) is 0 Å². The van der Waals surface area contributed by atoms with Gasteiger partial charge in [0.05, 0.1) is 11.2 Å². The van der Waals surface area contributed by atoms with Gasteiger partial charge < -0.3 is 28.4 Å². The predicted octanol–water partition coefficient (Wildman–Crippen LogP) is 7.90. The lowest BCUT2D eigenvalue weighted by atomic mass is 9.82. The van der Waals surface area contributed by atoms with Crippen molar-refractivity contribution in [3.05, 3.63) is 64.4 Å². The van der Waals surface area contributed by atoms with E-state index in [-0.39, 0.29) is 17.7 Å². The fourth-order valence-electron chi connectivity index (χ4n) is 6.41. The third-order valence-corrected chi connectivity index (χ3v) is 8.49. The quantitative estimate of drug-likeness (QED) is 0.265. The molecule has 2 amide bonds. The summed E-state index contributed by atoms with van der Waals surface area (Å²) in [6.07, 6.45) is 4.73. The number of hydrogen-bond donors (Lipinski definition) is 1. The van der Waals surface area contributed by atoms with E-state index in [9.17, 15) is 14.4 Å². The topological polar surface area (TPSA) is 108 Å². The van der Waals surface area contributed by atoms with E-state index >= 15 is 0 Å². The Hall–Kier alpha value is -4.21. The van der Waals surface area contributed by atoms with E-state index in [1.807, 2.05) is 68.1 Å². The summed E-state index contributed by atoms with van der Waals surface area (Å²) in [6.45, 7) is 13.1. The third-order valence-electron chi connectivity index (χ3n) is 8.49. The Morgan fingerprint density at radius 3 is 2.28 bits per heavy atom. The van der Waals surface area contributed by atoms with E-state index in [1.165, 1.54) is 6.07 Å². The fraction of sp³-hybridized carbons (Fsp3) is 0.541. The van der Waals surface area contributed by atoms with Crippen LogP contribution in [-0.4, -0.2) is 52.1 Å².